The third-order valence-corrected chi connectivity index (χ3v) is 3.68. The summed E-state index contributed by atoms with van der Waals surface area (Å²) in [6.07, 6.45) is 0.376. The fraction of sp³-hybridized carbons (Fsp3) is 0.364. The second-order valence-electron chi connectivity index (χ2n) is 3.65. The molecule has 0 bridgehead atoms. The van der Waals surface area contributed by atoms with E-state index in [1.54, 1.807) is 24.3 Å². The molecule has 0 atom stereocenters. The Bertz CT molecular complexity index is 457. The Morgan fingerprint density at radius 1 is 1.24 bits per heavy atom. The van der Waals surface area contributed by atoms with Crippen LogP contribution >= 0.6 is 0 Å². The molecule has 0 heterocycles. The number of sulfone groups is 1. The normalized spacial score (nSPS) is 11.1. The van der Waals surface area contributed by atoms with Crippen molar-refractivity contribution < 1.29 is 13.2 Å². The van der Waals surface area contributed by atoms with Gasteiger partial charge in [-0.1, -0.05) is 18.2 Å². The molecule has 1 amide bonds. The lowest BCUT2D eigenvalue weighted by Gasteiger charge is -2.05. The lowest BCUT2D eigenvalue weighted by molar-refractivity contribution is -0.113. The van der Waals surface area contributed by atoms with Crippen molar-refractivity contribution in [1.82, 2.24) is 0 Å². The van der Waals surface area contributed by atoms with E-state index in [2.05, 4.69) is 5.32 Å². The average molecular weight is 256 g/mol. The molecule has 0 unspecified atom stereocenters. The van der Waals surface area contributed by atoms with Crippen molar-refractivity contribution in [2.45, 2.75) is 6.42 Å². The van der Waals surface area contributed by atoms with Gasteiger partial charge in [0.05, 0.1) is 5.75 Å². The van der Waals surface area contributed by atoms with Crippen LogP contribution in [0.3, 0.4) is 0 Å². The van der Waals surface area contributed by atoms with E-state index in [1.807, 2.05) is 6.07 Å². The maximum absolute atomic E-state index is 11.5. The molecule has 0 spiro atoms. The quantitative estimate of drug-likeness (QED) is 0.770. The molecule has 17 heavy (non-hydrogen) atoms. The summed E-state index contributed by atoms with van der Waals surface area (Å²) in [4.78, 5) is 11.5. The first-order valence-electron chi connectivity index (χ1n) is 5.29. The number of amides is 1. The molecule has 1 aromatic carbocycles. The highest BCUT2D eigenvalue weighted by atomic mass is 32.2. The molecular formula is C11H16N2O3S. The van der Waals surface area contributed by atoms with Crippen LogP contribution in [0.25, 0.3) is 0 Å². The molecule has 94 valence electrons. The number of nitrogens with one attached hydrogen (secondary N) is 1. The molecule has 0 aliphatic carbocycles. The van der Waals surface area contributed by atoms with Gasteiger partial charge in [-0.2, -0.15) is 0 Å². The topological polar surface area (TPSA) is 89.3 Å². The number of para-hydroxylation sites is 1. The van der Waals surface area contributed by atoms with Gasteiger partial charge in [0, 0.05) is 5.69 Å². The Morgan fingerprint density at radius 3 is 2.47 bits per heavy atom. The highest BCUT2D eigenvalue weighted by Gasteiger charge is 2.15. The van der Waals surface area contributed by atoms with Crippen LogP contribution in [0.5, 0.6) is 0 Å². The maximum atomic E-state index is 11.5. The van der Waals surface area contributed by atoms with E-state index in [4.69, 9.17) is 5.73 Å². The van der Waals surface area contributed by atoms with Crippen molar-refractivity contribution in [3.05, 3.63) is 30.3 Å². The lowest BCUT2D eigenvalue weighted by Crippen LogP contribution is -2.25. The molecule has 1 aromatic rings. The van der Waals surface area contributed by atoms with Gasteiger partial charge in [0.2, 0.25) is 5.91 Å². The molecule has 5 nitrogen and oxygen atoms in total. The molecule has 3 N–H and O–H groups in total. The number of hydrogen-bond acceptors (Lipinski definition) is 4. The van der Waals surface area contributed by atoms with E-state index < -0.39 is 21.5 Å². The van der Waals surface area contributed by atoms with Gasteiger partial charge in [-0.05, 0) is 25.1 Å². The van der Waals surface area contributed by atoms with E-state index in [1.165, 1.54) is 0 Å². The SMILES string of the molecule is NCCCS(=O)(=O)CC(=O)Nc1ccccc1. The molecule has 6 heteroatoms. The summed E-state index contributed by atoms with van der Waals surface area (Å²) in [7, 11) is -3.36. The minimum Gasteiger partial charge on any atom is -0.330 e. The van der Waals surface area contributed by atoms with Crippen LogP contribution in [-0.4, -0.2) is 32.4 Å². The second-order valence-corrected chi connectivity index (χ2v) is 5.83. The smallest absolute Gasteiger partial charge is 0.239 e. The summed E-state index contributed by atoms with van der Waals surface area (Å²) >= 11 is 0. The summed E-state index contributed by atoms with van der Waals surface area (Å²) < 4.78 is 22.9. The standard InChI is InChI=1S/C11H16N2O3S/c12-7-4-8-17(15,16)9-11(14)13-10-5-2-1-3-6-10/h1-3,5-6H,4,7-9,12H2,(H,13,14). The van der Waals surface area contributed by atoms with Gasteiger partial charge in [-0.3, -0.25) is 4.79 Å². The number of hydrogen-bond donors (Lipinski definition) is 2. The zero-order valence-electron chi connectivity index (χ0n) is 9.43. The minimum absolute atomic E-state index is 0.0499. The first-order chi connectivity index (χ1) is 8.03. The number of nitrogens with two attached hydrogens (primary N) is 1. The lowest BCUT2D eigenvalue weighted by atomic mass is 10.3. The van der Waals surface area contributed by atoms with E-state index in [0.717, 1.165) is 0 Å². The summed E-state index contributed by atoms with van der Waals surface area (Å²) in [5.74, 6) is -1.07. The van der Waals surface area contributed by atoms with E-state index in [9.17, 15) is 13.2 Å². The maximum Gasteiger partial charge on any atom is 0.239 e. The predicted octanol–water partition coefficient (Wildman–Crippen LogP) is 0.389. The Labute approximate surface area is 101 Å². The summed E-state index contributed by atoms with van der Waals surface area (Å²) in [6, 6.07) is 8.74. The van der Waals surface area contributed by atoms with Crippen molar-refractivity contribution in [2.75, 3.05) is 23.4 Å². The Morgan fingerprint density at radius 2 is 1.88 bits per heavy atom. The zero-order chi connectivity index (χ0) is 12.7. The Kier molecular flexibility index (Phi) is 5.11. The number of carbonyl (C=O) groups is 1. The van der Waals surface area contributed by atoms with Gasteiger partial charge in [-0.25, -0.2) is 8.42 Å². The zero-order valence-corrected chi connectivity index (χ0v) is 10.2. The molecular weight excluding hydrogens is 240 g/mol. The van der Waals surface area contributed by atoms with Crippen LogP contribution in [0.2, 0.25) is 0 Å². The highest BCUT2D eigenvalue weighted by molar-refractivity contribution is 7.92. The van der Waals surface area contributed by atoms with Crippen LogP contribution in [0.1, 0.15) is 6.42 Å². The number of carbonyl (C=O) groups excluding carboxylic acids is 1. The van der Waals surface area contributed by atoms with Crippen LogP contribution < -0.4 is 11.1 Å². The first-order valence-corrected chi connectivity index (χ1v) is 7.11. The molecule has 0 fully saturated rings. The molecule has 0 aliphatic heterocycles. The van der Waals surface area contributed by atoms with Crippen LogP contribution in [0, 0.1) is 0 Å². The van der Waals surface area contributed by atoms with Gasteiger partial charge in [0.15, 0.2) is 9.84 Å². The number of rotatable bonds is 6. The van der Waals surface area contributed by atoms with Gasteiger partial charge in [-0.15, -0.1) is 0 Å². The Balaban J connectivity index is 2.50. The van der Waals surface area contributed by atoms with Crippen LogP contribution in [0.15, 0.2) is 30.3 Å². The fourth-order valence-electron chi connectivity index (χ4n) is 1.29. The molecule has 0 saturated heterocycles. The Hall–Kier alpha value is -1.40. The summed E-state index contributed by atoms with van der Waals surface area (Å²) in [5.41, 5.74) is 5.81. The number of benzene rings is 1. The predicted molar refractivity (Wildman–Crippen MR) is 67.4 cm³/mol. The van der Waals surface area contributed by atoms with Crippen LogP contribution in [-0.2, 0) is 14.6 Å². The van der Waals surface area contributed by atoms with Crippen molar-refractivity contribution in [3.63, 3.8) is 0 Å². The van der Waals surface area contributed by atoms with Gasteiger partial charge in [0.1, 0.15) is 5.75 Å². The van der Waals surface area contributed by atoms with Crippen molar-refractivity contribution in [2.24, 2.45) is 5.73 Å². The van der Waals surface area contributed by atoms with E-state index >= 15 is 0 Å². The van der Waals surface area contributed by atoms with E-state index in [-0.39, 0.29) is 5.75 Å². The minimum atomic E-state index is -3.36. The molecule has 0 saturated carbocycles. The molecule has 0 aliphatic rings. The monoisotopic (exact) mass is 256 g/mol. The third kappa shape index (κ3) is 5.46. The number of anilines is 1. The first kappa shape index (κ1) is 13.7. The van der Waals surface area contributed by atoms with Gasteiger partial charge < -0.3 is 11.1 Å². The molecule has 1 rings (SSSR count). The molecule has 0 aromatic heterocycles. The van der Waals surface area contributed by atoms with Crippen molar-refractivity contribution >= 4 is 21.4 Å². The summed E-state index contributed by atoms with van der Waals surface area (Å²) in [6.45, 7) is 0.305. The van der Waals surface area contributed by atoms with Gasteiger partial charge in [0.25, 0.3) is 0 Å². The van der Waals surface area contributed by atoms with Crippen molar-refractivity contribution in [1.29, 1.82) is 0 Å². The molecule has 0 radical (unpaired) electrons. The van der Waals surface area contributed by atoms with Crippen LogP contribution in [0.4, 0.5) is 5.69 Å². The van der Waals surface area contributed by atoms with E-state index in [0.29, 0.717) is 18.7 Å². The highest BCUT2D eigenvalue weighted by Crippen LogP contribution is 2.05. The van der Waals surface area contributed by atoms with Crippen molar-refractivity contribution in [3.8, 4) is 0 Å². The third-order valence-electron chi connectivity index (χ3n) is 2.07. The van der Waals surface area contributed by atoms with Gasteiger partial charge >= 0.3 is 0 Å². The summed E-state index contributed by atoms with van der Waals surface area (Å²) in [5, 5.41) is 2.53. The average Bonchev–Trinajstić information content (AvgIpc) is 2.27. The second kappa shape index (κ2) is 6.36. The largest absolute Gasteiger partial charge is 0.330 e. The fourth-order valence-corrected chi connectivity index (χ4v) is 2.52.